The topological polar surface area (TPSA) is 69.7 Å². The summed E-state index contributed by atoms with van der Waals surface area (Å²) in [6.45, 7) is 3.09. The Hall–Kier alpha value is -3.25. The minimum atomic E-state index is -1.65. The van der Waals surface area contributed by atoms with Crippen LogP contribution >= 0.6 is 15.9 Å². The number of ether oxygens (including phenoxy) is 2. The molecular formula is C29H25BrO5. The minimum absolute atomic E-state index is 0.00287. The summed E-state index contributed by atoms with van der Waals surface area (Å²) in [4.78, 5) is 40.5. The van der Waals surface area contributed by atoms with Gasteiger partial charge in [0.15, 0.2) is 5.41 Å². The number of carbonyl (C=O) groups excluding carboxylic acids is 3. The van der Waals surface area contributed by atoms with Gasteiger partial charge in [0.1, 0.15) is 5.78 Å². The molecule has 5 nitrogen and oxygen atoms in total. The molecule has 178 valence electrons. The van der Waals surface area contributed by atoms with Gasteiger partial charge in [0.25, 0.3) is 5.79 Å². The van der Waals surface area contributed by atoms with Crippen LogP contribution in [0, 0.1) is 5.41 Å². The van der Waals surface area contributed by atoms with Gasteiger partial charge >= 0.3 is 11.9 Å². The van der Waals surface area contributed by atoms with Crippen LogP contribution in [0.5, 0.6) is 0 Å². The van der Waals surface area contributed by atoms with Crippen LogP contribution < -0.4 is 0 Å². The fourth-order valence-corrected chi connectivity index (χ4v) is 5.65. The van der Waals surface area contributed by atoms with E-state index in [0.29, 0.717) is 0 Å². The van der Waals surface area contributed by atoms with Crippen molar-refractivity contribution in [2.24, 2.45) is 5.41 Å². The predicted molar refractivity (Wildman–Crippen MR) is 134 cm³/mol. The molecule has 5 rings (SSSR count). The first-order valence-electron chi connectivity index (χ1n) is 11.6. The lowest BCUT2D eigenvalue weighted by Crippen LogP contribution is -2.61. The average Bonchev–Trinajstić information content (AvgIpc) is 2.83. The highest BCUT2D eigenvalue weighted by Crippen LogP contribution is 2.57. The van der Waals surface area contributed by atoms with Gasteiger partial charge in [-0.05, 0) is 34.4 Å². The van der Waals surface area contributed by atoms with Crippen LogP contribution in [0.3, 0.4) is 0 Å². The number of rotatable bonds is 3. The Morgan fingerprint density at radius 3 is 1.66 bits per heavy atom. The van der Waals surface area contributed by atoms with Crippen LogP contribution in [0.4, 0.5) is 0 Å². The van der Waals surface area contributed by atoms with Gasteiger partial charge in [-0.2, -0.15) is 0 Å². The van der Waals surface area contributed by atoms with E-state index in [-0.39, 0.29) is 18.6 Å². The first-order valence-corrected chi connectivity index (χ1v) is 12.4. The molecule has 0 bridgehead atoms. The molecule has 35 heavy (non-hydrogen) atoms. The lowest BCUT2D eigenvalue weighted by molar-refractivity contribution is -0.256. The van der Waals surface area contributed by atoms with E-state index in [1.165, 1.54) is 0 Å². The Morgan fingerprint density at radius 1 is 0.686 bits per heavy atom. The van der Waals surface area contributed by atoms with Gasteiger partial charge in [-0.25, -0.2) is 0 Å². The van der Waals surface area contributed by atoms with Crippen LogP contribution in [-0.4, -0.2) is 23.5 Å². The van der Waals surface area contributed by atoms with Crippen molar-refractivity contribution in [2.45, 2.75) is 44.3 Å². The van der Waals surface area contributed by atoms with E-state index in [0.717, 1.165) is 26.7 Å². The van der Waals surface area contributed by atoms with Gasteiger partial charge < -0.3 is 9.47 Å². The number of halogens is 1. The van der Waals surface area contributed by atoms with Crippen LogP contribution in [0.2, 0.25) is 0 Å². The van der Waals surface area contributed by atoms with Gasteiger partial charge in [-0.3, -0.25) is 14.4 Å². The molecule has 2 aliphatic rings. The normalized spacial score (nSPS) is 23.0. The van der Waals surface area contributed by atoms with E-state index in [4.69, 9.17) is 9.47 Å². The molecule has 0 unspecified atom stereocenters. The fourth-order valence-electron chi connectivity index (χ4n) is 5.39. The molecule has 1 spiro atoms. The largest absolute Gasteiger partial charge is 0.422 e. The number of Topliss-reactive ketones (excluding diaryl/α,β-unsaturated/α-hetero) is 1. The first kappa shape index (κ1) is 23.5. The number of carbonyl (C=O) groups is 3. The number of esters is 2. The summed E-state index contributed by atoms with van der Waals surface area (Å²) < 4.78 is 12.4. The number of hydrogen-bond donors (Lipinski definition) is 0. The maximum absolute atomic E-state index is 13.8. The quantitative estimate of drug-likeness (QED) is 0.298. The van der Waals surface area contributed by atoms with Gasteiger partial charge in [0, 0.05) is 43.0 Å². The Morgan fingerprint density at radius 2 is 1.14 bits per heavy atom. The number of hydrogen-bond acceptors (Lipinski definition) is 5. The Labute approximate surface area is 212 Å². The van der Waals surface area contributed by atoms with E-state index >= 15 is 0 Å². The zero-order valence-corrected chi connectivity index (χ0v) is 21.1. The Balaban J connectivity index is 1.63. The highest BCUT2D eigenvalue weighted by Gasteiger charge is 2.67. The summed E-state index contributed by atoms with van der Waals surface area (Å²) in [5, 5.41) is 0. The first-order chi connectivity index (χ1) is 16.7. The molecule has 2 atom stereocenters. The van der Waals surface area contributed by atoms with E-state index in [9.17, 15) is 14.4 Å². The van der Waals surface area contributed by atoms with Crippen molar-refractivity contribution < 1.29 is 23.9 Å². The molecule has 6 heteroatoms. The molecule has 1 aliphatic carbocycles. The maximum Gasteiger partial charge on any atom is 0.328 e. The summed E-state index contributed by atoms with van der Waals surface area (Å²) in [5.74, 6) is -4.03. The maximum atomic E-state index is 13.8. The SMILES string of the molecule is CC1(C)OC(=O)C2(C(=O)O1)[C@@H](c1ccccc1)CC(=O)C[C@H]2c1ccc(-c2ccc(Br)cc2)cc1. The summed E-state index contributed by atoms with van der Waals surface area (Å²) in [5.41, 5.74) is 1.85. The fraction of sp³-hybridized carbons (Fsp3) is 0.276. The third kappa shape index (κ3) is 4.10. The monoisotopic (exact) mass is 532 g/mol. The molecule has 0 aromatic heterocycles. The average molecular weight is 533 g/mol. The van der Waals surface area contributed by atoms with Gasteiger partial charge in [0.05, 0.1) is 0 Å². The van der Waals surface area contributed by atoms with Gasteiger partial charge in [-0.1, -0.05) is 82.7 Å². The zero-order valence-electron chi connectivity index (χ0n) is 19.5. The van der Waals surface area contributed by atoms with Crippen molar-refractivity contribution in [3.8, 4) is 11.1 Å². The highest BCUT2D eigenvalue weighted by molar-refractivity contribution is 9.10. The lowest BCUT2D eigenvalue weighted by Gasteiger charge is -2.49. The third-order valence-electron chi connectivity index (χ3n) is 7.01. The molecule has 1 aliphatic heterocycles. The lowest BCUT2D eigenvalue weighted by atomic mass is 9.55. The Kier molecular flexibility index (Phi) is 5.88. The predicted octanol–water partition coefficient (Wildman–Crippen LogP) is 6.17. The Bertz CT molecular complexity index is 1260. The van der Waals surface area contributed by atoms with E-state index < -0.39 is 35.0 Å². The van der Waals surface area contributed by atoms with E-state index in [1.807, 2.05) is 78.9 Å². The molecule has 0 N–H and O–H groups in total. The van der Waals surface area contributed by atoms with Crippen molar-refractivity contribution in [1.82, 2.24) is 0 Å². The van der Waals surface area contributed by atoms with Gasteiger partial charge in [-0.15, -0.1) is 0 Å². The van der Waals surface area contributed by atoms with Crippen LogP contribution in [0.25, 0.3) is 11.1 Å². The number of ketones is 1. The molecule has 1 heterocycles. The molecule has 3 aromatic rings. The number of cyclic esters (lactones) is 2. The summed E-state index contributed by atoms with van der Waals surface area (Å²) in [6, 6.07) is 24.9. The van der Waals surface area contributed by atoms with Crippen molar-refractivity contribution in [2.75, 3.05) is 0 Å². The van der Waals surface area contributed by atoms with Gasteiger partial charge in [0.2, 0.25) is 0 Å². The molecule has 1 saturated carbocycles. The summed E-state index contributed by atoms with van der Waals surface area (Å²) in [7, 11) is 0. The third-order valence-corrected chi connectivity index (χ3v) is 7.54. The smallest absolute Gasteiger partial charge is 0.328 e. The molecule has 0 amide bonds. The molecule has 1 saturated heterocycles. The van der Waals surface area contributed by atoms with Crippen molar-refractivity contribution in [3.05, 3.63) is 94.5 Å². The second-order valence-corrected chi connectivity index (χ2v) is 10.6. The van der Waals surface area contributed by atoms with Crippen molar-refractivity contribution >= 4 is 33.7 Å². The standard InChI is InChI=1S/C29H25BrO5/c1-28(2)34-26(32)29(27(33)35-28)24(20-6-4-3-5-7-20)16-23(31)17-25(29)21-10-8-18(9-11-21)19-12-14-22(30)15-13-19/h3-15,24-25H,16-17H2,1-2H3/t24-,25+/m1/s1. The molecule has 2 fully saturated rings. The van der Waals surface area contributed by atoms with Crippen molar-refractivity contribution in [3.63, 3.8) is 0 Å². The molecule has 3 aromatic carbocycles. The highest BCUT2D eigenvalue weighted by atomic mass is 79.9. The van der Waals surface area contributed by atoms with E-state index in [1.54, 1.807) is 13.8 Å². The molecule has 0 radical (unpaired) electrons. The zero-order chi connectivity index (χ0) is 24.8. The second-order valence-electron chi connectivity index (χ2n) is 9.64. The molecular weight excluding hydrogens is 508 g/mol. The van der Waals surface area contributed by atoms with Crippen LogP contribution in [-0.2, 0) is 23.9 Å². The minimum Gasteiger partial charge on any atom is -0.422 e. The van der Waals surface area contributed by atoms with E-state index in [2.05, 4.69) is 15.9 Å². The summed E-state index contributed by atoms with van der Waals surface area (Å²) >= 11 is 3.45. The number of benzene rings is 3. The van der Waals surface area contributed by atoms with Crippen LogP contribution in [0.1, 0.15) is 49.7 Å². The summed E-state index contributed by atoms with van der Waals surface area (Å²) in [6.07, 6.45) is 0.133. The second kappa shape index (κ2) is 8.76. The van der Waals surface area contributed by atoms with Crippen LogP contribution in [0.15, 0.2) is 83.3 Å². The van der Waals surface area contributed by atoms with Crippen molar-refractivity contribution in [1.29, 1.82) is 0 Å².